The van der Waals surface area contributed by atoms with Gasteiger partial charge in [-0.25, -0.2) is 4.98 Å². The third-order valence-electron chi connectivity index (χ3n) is 3.98. The van der Waals surface area contributed by atoms with E-state index in [1.165, 1.54) is 0 Å². The van der Waals surface area contributed by atoms with Crippen molar-refractivity contribution in [2.45, 2.75) is 33.7 Å². The number of anilines is 1. The first-order valence-corrected chi connectivity index (χ1v) is 5.14. The number of nitrogens with one attached hydrogen (secondary N) is 1. The Kier molecular flexibility index (Phi) is 1.85. The summed E-state index contributed by atoms with van der Waals surface area (Å²) in [6.45, 7) is 9.20. The summed E-state index contributed by atoms with van der Waals surface area (Å²) >= 11 is 0. The average molecular weight is 190 g/mol. The van der Waals surface area contributed by atoms with Crippen LogP contribution in [0.25, 0.3) is 0 Å². The predicted molar refractivity (Wildman–Crippen MR) is 59.2 cm³/mol. The second kappa shape index (κ2) is 2.72. The molecule has 1 aromatic rings. The Bertz CT molecular complexity index is 313. The van der Waals surface area contributed by atoms with E-state index < -0.39 is 0 Å². The Labute approximate surface area is 85.7 Å². The van der Waals surface area contributed by atoms with E-state index in [4.69, 9.17) is 0 Å². The number of aromatic nitrogens is 1. The first-order chi connectivity index (χ1) is 6.46. The lowest BCUT2D eigenvalue weighted by Gasteiger charge is -2.06. The van der Waals surface area contributed by atoms with Crippen LogP contribution in [0, 0.1) is 10.8 Å². The molecular formula is C12H18N2. The fourth-order valence-corrected chi connectivity index (χ4v) is 2.15. The standard InChI is InChI=1S/C12H18N2/c1-11(2)10(12(11,3)4)14-9-7-5-6-8-13-9/h5-8,10H,1-4H3,(H,13,14). The second-order valence-corrected chi connectivity index (χ2v) is 5.24. The summed E-state index contributed by atoms with van der Waals surface area (Å²) in [5, 5.41) is 3.49. The van der Waals surface area contributed by atoms with E-state index in [9.17, 15) is 0 Å². The highest BCUT2D eigenvalue weighted by atomic mass is 15.1. The molecule has 0 atom stereocenters. The quantitative estimate of drug-likeness (QED) is 0.775. The van der Waals surface area contributed by atoms with Gasteiger partial charge in [-0.15, -0.1) is 0 Å². The molecule has 0 unspecified atom stereocenters. The minimum atomic E-state index is 0.366. The van der Waals surface area contributed by atoms with Gasteiger partial charge in [0.15, 0.2) is 0 Å². The van der Waals surface area contributed by atoms with E-state index >= 15 is 0 Å². The van der Waals surface area contributed by atoms with Crippen molar-refractivity contribution < 1.29 is 0 Å². The molecule has 14 heavy (non-hydrogen) atoms. The highest BCUT2D eigenvalue weighted by molar-refractivity contribution is 5.41. The van der Waals surface area contributed by atoms with Crippen LogP contribution in [0.5, 0.6) is 0 Å². The number of rotatable bonds is 2. The lowest BCUT2D eigenvalue weighted by molar-refractivity contribution is 0.457. The van der Waals surface area contributed by atoms with Crippen molar-refractivity contribution in [2.24, 2.45) is 10.8 Å². The molecule has 2 heteroatoms. The van der Waals surface area contributed by atoms with Crippen molar-refractivity contribution in [3.05, 3.63) is 24.4 Å². The van der Waals surface area contributed by atoms with Crippen LogP contribution in [0.3, 0.4) is 0 Å². The third-order valence-corrected chi connectivity index (χ3v) is 3.98. The maximum Gasteiger partial charge on any atom is 0.126 e. The Morgan fingerprint density at radius 3 is 2.21 bits per heavy atom. The molecule has 76 valence electrons. The van der Waals surface area contributed by atoms with Gasteiger partial charge < -0.3 is 5.32 Å². The minimum Gasteiger partial charge on any atom is -0.366 e. The Morgan fingerprint density at radius 1 is 1.14 bits per heavy atom. The van der Waals surface area contributed by atoms with Crippen LogP contribution >= 0.6 is 0 Å². The van der Waals surface area contributed by atoms with E-state index in [-0.39, 0.29) is 0 Å². The molecule has 0 spiro atoms. The fourth-order valence-electron chi connectivity index (χ4n) is 2.15. The summed E-state index contributed by atoms with van der Waals surface area (Å²) in [5.74, 6) is 0.983. The molecule has 0 aromatic carbocycles. The van der Waals surface area contributed by atoms with Crippen LogP contribution in [0.1, 0.15) is 27.7 Å². The molecule has 0 radical (unpaired) electrons. The molecule has 2 nitrogen and oxygen atoms in total. The topological polar surface area (TPSA) is 24.9 Å². The van der Waals surface area contributed by atoms with Gasteiger partial charge in [-0.3, -0.25) is 0 Å². The van der Waals surface area contributed by atoms with Crippen LogP contribution in [0.4, 0.5) is 5.82 Å². The number of hydrogen-bond acceptors (Lipinski definition) is 2. The molecule has 1 fully saturated rings. The summed E-state index contributed by atoms with van der Waals surface area (Å²) in [7, 11) is 0. The number of pyridine rings is 1. The zero-order valence-corrected chi connectivity index (χ0v) is 9.33. The van der Waals surface area contributed by atoms with Gasteiger partial charge in [0.1, 0.15) is 5.82 Å². The van der Waals surface area contributed by atoms with Crippen molar-refractivity contribution in [3.8, 4) is 0 Å². The Hall–Kier alpha value is -1.05. The Morgan fingerprint density at radius 2 is 1.79 bits per heavy atom. The minimum absolute atomic E-state index is 0.366. The van der Waals surface area contributed by atoms with Gasteiger partial charge in [-0.2, -0.15) is 0 Å². The van der Waals surface area contributed by atoms with E-state index in [2.05, 4.69) is 38.0 Å². The molecular weight excluding hydrogens is 172 g/mol. The summed E-state index contributed by atoms with van der Waals surface area (Å²) < 4.78 is 0. The molecule has 1 aromatic heterocycles. The lowest BCUT2D eigenvalue weighted by atomic mass is 10.0. The van der Waals surface area contributed by atoms with E-state index in [1.807, 2.05) is 24.4 Å². The van der Waals surface area contributed by atoms with Crippen molar-refractivity contribution in [3.63, 3.8) is 0 Å². The normalized spacial score (nSPS) is 23.1. The van der Waals surface area contributed by atoms with Crippen LogP contribution in [0.15, 0.2) is 24.4 Å². The van der Waals surface area contributed by atoms with Gasteiger partial charge in [0.25, 0.3) is 0 Å². The largest absolute Gasteiger partial charge is 0.366 e. The van der Waals surface area contributed by atoms with Gasteiger partial charge in [0, 0.05) is 12.2 Å². The van der Waals surface area contributed by atoms with Crippen LogP contribution in [-0.4, -0.2) is 11.0 Å². The molecule has 2 rings (SSSR count). The molecule has 0 saturated heterocycles. The van der Waals surface area contributed by atoms with Crippen molar-refractivity contribution in [1.82, 2.24) is 4.98 Å². The fraction of sp³-hybridized carbons (Fsp3) is 0.583. The van der Waals surface area contributed by atoms with Crippen molar-refractivity contribution in [1.29, 1.82) is 0 Å². The van der Waals surface area contributed by atoms with E-state index in [1.54, 1.807) is 0 Å². The molecule has 1 N–H and O–H groups in total. The summed E-state index contributed by atoms with van der Waals surface area (Å²) in [5.41, 5.74) is 0.731. The monoisotopic (exact) mass is 190 g/mol. The van der Waals surface area contributed by atoms with Gasteiger partial charge in [0.2, 0.25) is 0 Å². The summed E-state index contributed by atoms with van der Waals surface area (Å²) in [6, 6.07) is 6.50. The second-order valence-electron chi connectivity index (χ2n) is 5.24. The maximum absolute atomic E-state index is 4.28. The van der Waals surface area contributed by atoms with Crippen LogP contribution in [0.2, 0.25) is 0 Å². The van der Waals surface area contributed by atoms with Gasteiger partial charge in [-0.05, 0) is 23.0 Å². The molecule has 0 bridgehead atoms. The molecule has 1 saturated carbocycles. The van der Waals surface area contributed by atoms with Gasteiger partial charge in [-0.1, -0.05) is 33.8 Å². The number of nitrogens with zero attached hydrogens (tertiary/aromatic N) is 1. The maximum atomic E-state index is 4.28. The summed E-state index contributed by atoms with van der Waals surface area (Å²) in [4.78, 5) is 4.28. The van der Waals surface area contributed by atoms with Gasteiger partial charge in [0.05, 0.1) is 0 Å². The van der Waals surface area contributed by atoms with E-state index in [0.29, 0.717) is 16.9 Å². The molecule has 1 heterocycles. The highest BCUT2D eigenvalue weighted by Gasteiger charge is 2.65. The van der Waals surface area contributed by atoms with Crippen molar-refractivity contribution >= 4 is 5.82 Å². The SMILES string of the molecule is CC1(C)C(Nc2ccccn2)C1(C)C. The molecule has 0 amide bonds. The zero-order valence-electron chi connectivity index (χ0n) is 9.33. The zero-order chi connectivity index (χ0) is 10.4. The third kappa shape index (κ3) is 1.21. The lowest BCUT2D eigenvalue weighted by Crippen LogP contribution is -2.10. The summed E-state index contributed by atoms with van der Waals surface area (Å²) in [6.07, 6.45) is 1.82. The van der Waals surface area contributed by atoms with Crippen LogP contribution < -0.4 is 5.32 Å². The van der Waals surface area contributed by atoms with Gasteiger partial charge >= 0.3 is 0 Å². The van der Waals surface area contributed by atoms with Crippen LogP contribution in [-0.2, 0) is 0 Å². The van der Waals surface area contributed by atoms with E-state index in [0.717, 1.165) is 5.82 Å². The highest BCUT2D eigenvalue weighted by Crippen LogP contribution is 2.63. The first kappa shape index (κ1) is 9.50. The molecule has 1 aliphatic rings. The number of hydrogen-bond donors (Lipinski definition) is 1. The average Bonchev–Trinajstić information content (AvgIpc) is 2.50. The molecule has 0 aliphatic heterocycles. The Balaban J connectivity index is 2.09. The van der Waals surface area contributed by atoms with Crippen molar-refractivity contribution in [2.75, 3.05) is 5.32 Å². The molecule has 1 aliphatic carbocycles. The smallest absolute Gasteiger partial charge is 0.126 e. The first-order valence-electron chi connectivity index (χ1n) is 5.14. The predicted octanol–water partition coefficient (Wildman–Crippen LogP) is 2.93.